The SMILES string of the molecule is CC(C)(C)c1ccc(N2B3c4cc5c(cc4N(c4ccc(C(C)(C)C)cc4-c4ccccc4)c4c3c(cc3c4-c4ccccc4C3(C)C)-c3cc(-c4ccccc4)ccc32)sc2ccccc25)cc1. The summed E-state index contributed by atoms with van der Waals surface area (Å²) in [7, 11) is 0. The molecule has 0 atom stereocenters. The summed E-state index contributed by atoms with van der Waals surface area (Å²) in [4.78, 5) is 5.41. The third-order valence-electron chi connectivity index (χ3n) is 15.6. The molecule has 0 saturated carbocycles. The van der Waals surface area contributed by atoms with Gasteiger partial charge in [0, 0.05) is 59.3 Å². The van der Waals surface area contributed by atoms with E-state index in [1.54, 1.807) is 0 Å². The maximum absolute atomic E-state index is 2.72. The second-order valence-corrected chi connectivity index (χ2v) is 23.2. The highest BCUT2D eigenvalue weighted by molar-refractivity contribution is 7.26. The highest BCUT2D eigenvalue weighted by Crippen LogP contribution is 2.59. The van der Waals surface area contributed by atoms with E-state index >= 15 is 0 Å². The molecule has 1 aliphatic carbocycles. The van der Waals surface area contributed by atoms with Crippen LogP contribution in [0.15, 0.2) is 188 Å². The monoisotopic (exact) mass is 906 g/mol. The first kappa shape index (κ1) is 42.0. The quantitative estimate of drug-likeness (QED) is 0.162. The van der Waals surface area contributed by atoms with Crippen molar-refractivity contribution in [2.45, 2.75) is 71.6 Å². The summed E-state index contributed by atoms with van der Waals surface area (Å²) in [5.74, 6) is 0. The van der Waals surface area contributed by atoms with Crippen LogP contribution >= 0.6 is 11.3 Å². The minimum Gasteiger partial charge on any atom is -0.376 e. The van der Waals surface area contributed by atoms with E-state index in [4.69, 9.17) is 0 Å². The van der Waals surface area contributed by atoms with Crippen LogP contribution in [0.4, 0.5) is 28.4 Å². The third-order valence-corrected chi connectivity index (χ3v) is 16.7. The Hall–Kier alpha value is -7.14. The maximum Gasteiger partial charge on any atom is 0.333 e. The Morgan fingerprint density at radius 1 is 0.449 bits per heavy atom. The van der Waals surface area contributed by atoms with E-state index in [2.05, 4.69) is 253 Å². The molecule has 0 fully saturated rings. The highest BCUT2D eigenvalue weighted by Gasteiger charge is 2.50. The Bertz CT molecular complexity index is 3720. The predicted molar refractivity (Wildman–Crippen MR) is 299 cm³/mol. The third kappa shape index (κ3) is 6.31. The van der Waals surface area contributed by atoms with Crippen molar-refractivity contribution in [2.24, 2.45) is 0 Å². The van der Waals surface area contributed by atoms with E-state index in [0.717, 1.165) is 0 Å². The van der Waals surface area contributed by atoms with Gasteiger partial charge in [-0.2, -0.15) is 0 Å². The van der Waals surface area contributed by atoms with Gasteiger partial charge in [0.1, 0.15) is 0 Å². The molecule has 2 nitrogen and oxygen atoms in total. The van der Waals surface area contributed by atoms with E-state index < -0.39 is 0 Å². The molecule has 69 heavy (non-hydrogen) atoms. The smallest absolute Gasteiger partial charge is 0.333 e. The molecule has 1 aromatic heterocycles. The fourth-order valence-corrected chi connectivity index (χ4v) is 13.0. The molecular formula is C65H55BN2S. The molecule has 10 aromatic rings. The number of hydrogen-bond acceptors (Lipinski definition) is 3. The molecule has 3 aliphatic rings. The number of rotatable bonds is 4. The second-order valence-electron chi connectivity index (χ2n) is 22.1. The van der Waals surface area contributed by atoms with Gasteiger partial charge in [-0.05, 0) is 126 Å². The summed E-state index contributed by atoms with van der Waals surface area (Å²) in [5, 5.41) is 2.62. The zero-order valence-corrected chi connectivity index (χ0v) is 41.6. The number of anilines is 5. The van der Waals surface area contributed by atoms with Gasteiger partial charge in [-0.25, -0.2) is 0 Å². The van der Waals surface area contributed by atoms with Crippen molar-refractivity contribution in [2.75, 3.05) is 9.71 Å². The Morgan fingerprint density at radius 2 is 1.10 bits per heavy atom. The standard InChI is InChI=1S/C65H55BN2S/c1-63(2,3)43-28-31-45(32-29-43)68-56-33-27-42(40-19-11-9-12-20-40)35-49(56)51-37-53-60(47-24-15-17-25-52(47)65(53,7)8)62-61(51)66(68)54-38-50-46-23-16-18-26-58(46)69-59(50)39-57(54)67(62)55-34-30-44(64(4,5)6)36-48(55)41-21-13-10-14-22-41/h9-39H,1-8H3. The Morgan fingerprint density at radius 3 is 1.84 bits per heavy atom. The Kier molecular flexibility index (Phi) is 9.09. The number of benzene rings is 9. The maximum atomic E-state index is 2.72. The van der Waals surface area contributed by atoms with Crippen molar-refractivity contribution in [1.29, 1.82) is 0 Å². The molecule has 334 valence electrons. The van der Waals surface area contributed by atoms with Gasteiger partial charge in [-0.15, -0.1) is 11.3 Å². The van der Waals surface area contributed by atoms with Crippen LogP contribution < -0.4 is 20.6 Å². The summed E-state index contributed by atoms with van der Waals surface area (Å²) < 4.78 is 2.61. The number of nitrogens with zero attached hydrogens (tertiary/aromatic N) is 2. The van der Waals surface area contributed by atoms with Crippen molar-refractivity contribution in [1.82, 2.24) is 0 Å². The predicted octanol–water partition coefficient (Wildman–Crippen LogP) is 17.0. The fraction of sp³-hybridized carbons (Fsp3) is 0.169. The van der Waals surface area contributed by atoms with E-state index in [9.17, 15) is 0 Å². The molecule has 0 spiro atoms. The zero-order chi connectivity index (χ0) is 47.1. The summed E-state index contributed by atoms with van der Waals surface area (Å²) in [6.45, 7) is 18.7. The summed E-state index contributed by atoms with van der Waals surface area (Å²) >= 11 is 1.91. The first-order chi connectivity index (χ1) is 33.3. The van der Waals surface area contributed by atoms with E-state index in [0.29, 0.717) is 0 Å². The lowest BCUT2D eigenvalue weighted by atomic mass is 9.43. The first-order valence-electron chi connectivity index (χ1n) is 24.6. The minimum absolute atomic E-state index is 0.0198. The van der Waals surface area contributed by atoms with Crippen LogP contribution in [0.2, 0.25) is 0 Å². The normalized spacial score (nSPS) is 14.4. The molecule has 4 heteroatoms. The van der Waals surface area contributed by atoms with Crippen LogP contribution in [0, 0.1) is 0 Å². The van der Waals surface area contributed by atoms with Gasteiger partial charge in [0.05, 0.1) is 11.4 Å². The van der Waals surface area contributed by atoms with Crippen molar-refractivity contribution in [3.05, 3.63) is 210 Å². The van der Waals surface area contributed by atoms with Gasteiger partial charge in [0.15, 0.2) is 0 Å². The molecule has 13 rings (SSSR count). The average Bonchev–Trinajstić information content (AvgIpc) is 3.83. The van der Waals surface area contributed by atoms with Crippen molar-refractivity contribution in [3.63, 3.8) is 0 Å². The van der Waals surface area contributed by atoms with Crippen LogP contribution in [0.3, 0.4) is 0 Å². The van der Waals surface area contributed by atoms with Gasteiger partial charge in [-0.1, -0.05) is 189 Å². The first-order valence-corrected chi connectivity index (χ1v) is 25.4. The molecule has 0 saturated heterocycles. The lowest BCUT2D eigenvalue weighted by molar-refractivity contribution is 0.590. The highest BCUT2D eigenvalue weighted by atomic mass is 32.1. The molecule has 9 aromatic carbocycles. The largest absolute Gasteiger partial charge is 0.376 e. The molecule has 0 amide bonds. The second kappa shape index (κ2) is 14.9. The molecule has 0 radical (unpaired) electrons. The van der Waals surface area contributed by atoms with Crippen molar-refractivity contribution in [3.8, 4) is 44.5 Å². The van der Waals surface area contributed by atoms with Gasteiger partial charge < -0.3 is 9.71 Å². The van der Waals surface area contributed by atoms with Gasteiger partial charge in [-0.3, -0.25) is 0 Å². The van der Waals surface area contributed by atoms with Crippen LogP contribution in [0.1, 0.15) is 77.6 Å². The van der Waals surface area contributed by atoms with Crippen molar-refractivity contribution >= 4 is 77.7 Å². The minimum atomic E-state index is -0.246. The number of hydrogen-bond donors (Lipinski definition) is 0. The molecule has 3 heterocycles. The summed E-state index contributed by atoms with van der Waals surface area (Å²) in [6.07, 6.45) is 0. The van der Waals surface area contributed by atoms with E-state index in [-0.39, 0.29) is 23.1 Å². The molecular weight excluding hydrogens is 852 g/mol. The van der Waals surface area contributed by atoms with Crippen LogP contribution in [0.5, 0.6) is 0 Å². The Balaban J connectivity index is 1.23. The fourth-order valence-electron chi connectivity index (χ4n) is 11.9. The van der Waals surface area contributed by atoms with E-state index in [1.165, 1.54) is 126 Å². The average molecular weight is 907 g/mol. The number of fused-ring (bicyclic) bond motifs is 11. The van der Waals surface area contributed by atoms with E-state index in [1.807, 2.05) is 11.3 Å². The lowest BCUT2D eigenvalue weighted by Gasteiger charge is -2.47. The van der Waals surface area contributed by atoms with Crippen molar-refractivity contribution < 1.29 is 0 Å². The summed E-state index contributed by atoms with van der Waals surface area (Å²) in [6, 6.07) is 72.0. The molecule has 0 N–H and O–H groups in total. The van der Waals surface area contributed by atoms with Gasteiger partial charge in [0.2, 0.25) is 0 Å². The molecule has 0 bridgehead atoms. The zero-order valence-electron chi connectivity index (χ0n) is 40.8. The topological polar surface area (TPSA) is 6.48 Å². The van der Waals surface area contributed by atoms with Gasteiger partial charge in [0.25, 0.3) is 0 Å². The molecule has 0 unspecified atom stereocenters. The lowest BCUT2D eigenvalue weighted by Crippen LogP contribution is -2.61. The Labute approximate surface area is 411 Å². The summed E-state index contributed by atoms with van der Waals surface area (Å²) in [5.41, 5.74) is 24.0. The van der Waals surface area contributed by atoms with Crippen LogP contribution in [-0.4, -0.2) is 6.85 Å². The number of thiophene rings is 1. The van der Waals surface area contributed by atoms with Crippen LogP contribution in [0.25, 0.3) is 64.7 Å². The molecule has 2 aliphatic heterocycles. The van der Waals surface area contributed by atoms with Crippen LogP contribution in [-0.2, 0) is 16.2 Å². The van der Waals surface area contributed by atoms with Gasteiger partial charge >= 0.3 is 6.85 Å².